The van der Waals surface area contributed by atoms with Gasteiger partial charge < -0.3 is 8.83 Å². The minimum Gasteiger partial charge on any atom is -0.501 e. The summed E-state index contributed by atoms with van der Waals surface area (Å²) >= 11 is 1.74. The zero-order valence-corrected chi connectivity index (χ0v) is 47.0. The standard InChI is InChI=1S/2C26H29OSi.C2H6Si.2ClH.Zr/c2*1-16-10-17(2)12-22(11-16)26-19(4)18(3)13-20-14-21(15-23(20)26)24-8-9-25(27-24)28(5,6)7;1-3-2;;;/h2*8-15H,1-7H3;1-2H3;2*1H;/q2*-1;;;;+2. The molecular weight excluding hydrogens is 927 g/mol. The molecule has 0 bridgehead atoms. The van der Waals surface area contributed by atoms with Gasteiger partial charge in [0.15, 0.2) is 0 Å². The van der Waals surface area contributed by atoms with Gasteiger partial charge in [-0.3, -0.25) is 0 Å². The molecule has 2 aromatic heterocycles. The van der Waals surface area contributed by atoms with E-state index in [2.05, 4.69) is 205 Å². The molecule has 0 atom stereocenters. The van der Waals surface area contributed by atoms with Gasteiger partial charge in [-0.1, -0.05) is 143 Å². The largest absolute Gasteiger partial charge is 0.501 e. The molecule has 324 valence electrons. The molecule has 0 aliphatic heterocycles. The number of benzene rings is 4. The molecule has 0 unspecified atom stereocenters. The van der Waals surface area contributed by atoms with E-state index in [0.29, 0.717) is 0 Å². The van der Waals surface area contributed by atoms with Crippen molar-refractivity contribution in [1.29, 1.82) is 0 Å². The molecular formula is C54H66Cl2O2Si3Zr. The van der Waals surface area contributed by atoms with Crippen molar-refractivity contribution in [3.8, 4) is 44.9 Å². The van der Waals surface area contributed by atoms with E-state index in [1.54, 1.807) is 23.3 Å². The molecule has 2 nitrogen and oxygen atoms in total. The van der Waals surface area contributed by atoms with Crippen LogP contribution < -0.4 is 10.8 Å². The van der Waals surface area contributed by atoms with Crippen molar-refractivity contribution in [3.05, 3.63) is 142 Å². The first-order valence-electron chi connectivity index (χ1n) is 21.3. The first-order valence-corrected chi connectivity index (χ1v) is 34.5. The molecule has 8 rings (SSSR count). The van der Waals surface area contributed by atoms with Crippen LogP contribution in [0.4, 0.5) is 0 Å². The molecule has 6 aromatic carbocycles. The molecule has 0 N–H and O–H groups in total. The fraction of sp³-hybridized carbons (Fsp3) is 0.296. The van der Waals surface area contributed by atoms with Crippen molar-refractivity contribution >= 4 is 78.7 Å². The molecule has 0 aliphatic carbocycles. The maximum atomic E-state index is 6.27. The van der Waals surface area contributed by atoms with Crippen LogP contribution in [0.3, 0.4) is 0 Å². The second-order valence-electron chi connectivity index (χ2n) is 19.5. The van der Waals surface area contributed by atoms with Gasteiger partial charge in [0.05, 0.1) is 22.3 Å². The second kappa shape index (κ2) is 20.3. The molecule has 0 saturated carbocycles. The van der Waals surface area contributed by atoms with Gasteiger partial charge in [-0.2, -0.15) is 0 Å². The van der Waals surface area contributed by atoms with Gasteiger partial charge in [-0.05, 0) is 89.8 Å². The van der Waals surface area contributed by atoms with Crippen LogP contribution in [0.2, 0.25) is 52.4 Å². The molecule has 0 amide bonds. The predicted molar refractivity (Wildman–Crippen MR) is 281 cm³/mol. The third-order valence-corrected chi connectivity index (χ3v) is 14.8. The molecule has 0 fully saturated rings. The molecule has 2 heterocycles. The smallest absolute Gasteiger partial charge is 0.122 e. The van der Waals surface area contributed by atoms with Crippen LogP contribution in [-0.2, 0) is 23.3 Å². The quantitative estimate of drug-likeness (QED) is 0.123. The first kappa shape index (κ1) is 51.4. The maximum absolute atomic E-state index is 6.27. The number of fused-ring (bicyclic) bond motifs is 2. The number of hydrogen-bond donors (Lipinski definition) is 0. The van der Waals surface area contributed by atoms with E-state index in [1.165, 1.54) is 99.4 Å². The average Bonchev–Trinajstić information content (AvgIpc) is 3.94. The zero-order chi connectivity index (χ0) is 44.0. The normalized spacial score (nSPS) is 11.4. The maximum Gasteiger partial charge on any atom is 0.122 e. The molecule has 0 radical (unpaired) electrons. The Morgan fingerprint density at radius 1 is 0.468 bits per heavy atom. The Balaban J connectivity index is 0.000000244. The Bertz CT molecular complexity index is 2640. The fourth-order valence-electron chi connectivity index (χ4n) is 8.26. The van der Waals surface area contributed by atoms with Crippen molar-refractivity contribution in [1.82, 2.24) is 0 Å². The zero-order valence-electron chi connectivity index (χ0n) is 39.9. The minimum absolute atomic E-state index is 0. The number of hydrogen-bond acceptors (Lipinski definition) is 2. The summed E-state index contributed by atoms with van der Waals surface area (Å²) in [6.07, 6.45) is 0. The topological polar surface area (TPSA) is 26.3 Å². The summed E-state index contributed by atoms with van der Waals surface area (Å²) in [5.74, 6) is 1.96. The van der Waals surface area contributed by atoms with Crippen LogP contribution in [0, 0.1) is 55.4 Å². The van der Waals surface area contributed by atoms with Crippen molar-refractivity contribution in [2.24, 2.45) is 0 Å². The van der Waals surface area contributed by atoms with Crippen molar-refractivity contribution < 1.29 is 32.2 Å². The summed E-state index contributed by atoms with van der Waals surface area (Å²) in [6.45, 7) is 36.2. The fourth-order valence-corrected chi connectivity index (χ4v) is 10.3. The number of rotatable bonds is 6. The van der Waals surface area contributed by atoms with Gasteiger partial charge >= 0.3 is 41.9 Å². The van der Waals surface area contributed by atoms with Crippen molar-refractivity contribution in [2.45, 2.75) is 108 Å². The van der Waals surface area contributed by atoms with Crippen molar-refractivity contribution in [3.63, 3.8) is 0 Å². The van der Waals surface area contributed by atoms with E-state index in [9.17, 15) is 0 Å². The van der Waals surface area contributed by atoms with Crippen molar-refractivity contribution in [2.75, 3.05) is 0 Å². The van der Waals surface area contributed by atoms with Crippen LogP contribution in [0.25, 0.3) is 66.4 Å². The third-order valence-electron chi connectivity index (χ3n) is 11.3. The van der Waals surface area contributed by atoms with E-state index < -0.39 is 16.1 Å². The van der Waals surface area contributed by atoms with Crippen LogP contribution in [0.15, 0.2) is 106 Å². The first-order chi connectivity index (χ1) is 28.0. The Kier molecular flexibility index (Phi) is 16.8. The molecule has 62 heavy (non-hydrogen) atoms. The molecule has 8 aromatic rings. The molecule has 8 heteroatoms. The van der Waals surface area contributed by atoms with Crippen LogP contribution in [0.1, 0.15) is 44.5 Å². The number of aryl methyl sites for hydroxylation is 6. The SMILES string of the molecule is C[Si](C)=[Zr+2].Cc1cc(C)cc(-c2c(C)c(C)cc3[cH-]c(-c4ccc([Si](C)(C)C)o4)cc23)c1.Cc1cc(C)cc(-c2c(C)c(C)cc3[cH-]c(-c4ccc([Si](C)(C)C)o4)cc23)c1.Cl.Cl. The second-order valence-corrected chi connectivity index (χ2v) is 38.8. The van der Waals surface area contributed by atoms with Crippen LogP contribution >= 0.6 is 24.8 Å². The summed E-state index contributed by atoms with van der Waals surface area (Å²) in [6, 6.07) is 36.1. The third kappa shape index (κ3) is 11.7. The monoisotopic (exact) mass is 990 g/mol. The number of halogens is 2. The predicted octanol–water partition coefficient (Wildman–Crippen LogP) is 16.2. The van der Waals surface area contributed by atoms with E-state index in [-0.39, 0.29) is 30.2 Å². The van der Waals surface area contributed by atoms with Gasteiger partial charge in [-0.15, -0.1) is 82.8 Å². The molecule has 0 saturated heterocycles. The summed E-state index contributed by atoms with van der Waals surface area (Å²) in [4.78, 5) is 0. The van der Waals surface area contributed by atoms with E-state index in [4.69, 9.17) is 8.83 Å². The average molecular weight is 994 g/mol. The van der Waals surface area contributed by atoms with Gasteiger partial charge in [0.1, 0.15) is 16.1 Å². The molecule has 0 spiro atoms. The summed E-state index contributed by atoms with van der Waals surface area (Å²) < 4.78 is 12.5. The number of furan rings is 2. The summed E-state index contributed by atoms with van der Waals surface area (Å²) in [5.41, 5.74) is 18.5. The van der Waals surface area contributed by atoms with Gasteiger partial charge in [0, 0.05) is 0 Å². The summed E-state index contributed by atoms with van der Waals surface area (Å²) in [5, 5.41) is 7.53. The van der Waals surface area contributed by atoms with Gasteiger partial charge in [-0.25, -0.2) is 0 Å². The Hall–Kier alpha value is -3.23. The van der Waals surface area contributed by atoms with Crippen LogP contribution in [-0.4, -0.2) is 21.6 Å². The summed E-state index contributed by atoms with van der Waals surface area (Å²) in [7, 11) is -2.89. The Morgan fingerprint density at radius 3 is 1.05 bits per heavy atom. The van der Waals surface area contributed by atoms with E-state index in [0.717, 1.165) is 22.3 Å². The minimum atomic E-state index is -1.45. The van der Waals surface area contributed by atoms with Gasteiger partial charge in [0.2, 0.25) is 0 Å². The van der Waals surface area contributed by atoms with Crippen LogP contribution in [0.5, 0.6) is 0 Å². The Morgan fingerprint density at radius 2 is 0.774 bits per heavy atom. The van der Waals surface area contributed by atoms with E-state index in [1.807, 2.05) is 0 Å². The molecule has 0 aliphatic rings. The van der Waals surface area contributed by atoms with E-state index >= 15 is 0 Å². The van der Waals surface area contributed by atoms with Gasteiger partial charge in [0.25, 0.3) is 0 Å². The Labute approximate surface area is 401 Å².